The average molecular weight is 743 g/mol. The Hall–Kier alpha value is -5.74. The molecule has 2 atom stereocenters. The molecule has 1 aliphatic heterocycles. The summed E-state index contributed by atoms with van der Waals surface area (Å²) in [5.74, 6) is 2.26. The van der Waals surface area contributed by atoms with Crippen molar-refractivity contribution in [2.45, 2.75) is 88.6 Å². The lowest BCUT2D eigenvalue weighted by molar-refractivity contribution is 0.122. The van der Waals surface area contributed by atoms with Crippen LogP contribution in [-0.2, 0) is 0 Å². The Bertz CT molecular complexity index is 2960. The van der Waals surface area contributed by atoms with Gasteiger partial charge in [-0.2, -0.15) is 0 Å². The van der Waals surface area contributed by atoms with Crippen LogP contribution in [0.3, 0.4) is 0 Å². The number of allylic oxidation sites excluding steroid dienone is 2. The lowest BCUT2D eigenvalue weighted by Crippen LogP contribution is -2.40. The second-order valence-corrected chi connectivity index (χ2v) is 17.4. The van der Waals surface area contributed by atoms with Gasteiger partial charge in [-0.1, -0.05) is 123 Å². The van der Waals surface area contributed by atoms with E-state index in [0.29, 0.717) is 11.8 Å². The average Bonchev–Trinajstić information content (AvgIpc) is 3.78. The van der Waals surface area contributed by atoms with Crippen LogP contribution in [0.15, 0.2) is 131 Å². The number of fused-ring (bicyclic) bond motifs is 12. The van der Waals surface area contributed by atoms with Gasteiger partial charge in [0, 0.05) is 44.7 Å². The molecule has 8 aromatic rings. The van der Waals surface area contributed by atoms with Crippen LogP contribution in [0.2, 0.25) is 0 Å². The van der Waals surface area contributed by atoms with Gasteiger partial charge < -0.3 is 9.15 Å². The zero-order valence-corrected chi connectivity index (χ0v) is 32.6. The highest BCUT2D eigenvalue weighted by molar-refractivity contribution is 6.23. The molecular formula is C53H46N2O2. The smallest absolute Gasteiger partial charge is 0.139 e. The third kappa shape index (κ3) is 5.18. The molecule has 0 bridgehead atoms. The Morgan fingerprint density at radius 1 is 0.596 bits per heavy atom. The molecule has 4 nitrogen and oxygen atoms in total. The second-order valence-electron chi connectivity index (χ2n) is 17.4. The highest BCUT2D eigenvalue weighted by Crippen LogP contribution is 2.55. The van der Waals surface area contributed by atoms with Crippen molar-refractivity contribution in [1.82, 2.24) is 9.97 Å². The second kappa shape index (κ2) is 12.9. The van der Waals surface area contributed by atoms with E-state index in [1.165, 1.54) is 114 Å². The van der Waals surface area contributed by atoms with Gasteiger partial charge in [-0.15, -0.1) is 0 Å². The van der Waals surface area contributed by atoms with Crippen LogP contribution >= 0.6 is 0 Å². The molecule has 6 aromatic carbocycles. The van der Waals surface area contributed by atoms with Crippen molar-refractivity contribution < 1.29 is 9.15 Å². The van der Waals surface area contributed by atoms with Crippen LogP contribution < -0.4 is 4.74 Å². The quantitative estimate of drug-likeness (QED) is 0.169. The summed E-state index contributed by atoms with van der Waals surface area (Å²) in [7, 11) is 0. The van der Waals surface area contributed by atoms with Crippen molar-refractivity contribution >= 4 is 54.5 Å². The summed E-state index contributed by atoms with van der Waals surface area (Å²) in [6, 6.07) is 35.4. The molecule has 0 amide bonds. The maximum absolute atomic E-state index is 7.04. The van der Waals surface area contributed by atoms with Crippen LogP contribution in [0.5, 0.6) is 5.75 Å². The number of aromatic nitrogens is 2. The summed E-state index contributed by atoms with van der Waals surface area (Å²) < 4.78 is 14.0. The van der Waals surface area contributed by atoms with E-state index in [0.717, 1.165) is 50.0 Å². The molecule has 0 radical (unpaired) electrons. The zero-order chi connectivity index (χ0) is 37.7. The topological polar surface area (TPSA) is 48.2 Å². The highest BCUT2D eigenvalue weighted by atomic mass is 16.5. The largest absolute Gasteiger partial charge is 0.482 e. The molecule has 280 valence electrons. The Kier molecular flexibility index (Phi) is 7.56. The molecule has 3 aliphatic carbocycles. The highest BCUT2D eigenvalue weighted by Gasteiger charge is 2.49. The van der Waals surface area contributed by atoms with Gasteiger partial charge in [0.05, 0.1) is 22.9 Å². The Balaban J connectivity index is 0.990. The van der Waals surface area contributed by atoms with Crippen LogP contribution in [0.4, 0.5) is 0 Å². The Labute approximate surface area is 333 Å². The first kappa shape index (κ1) is 33.4. The fourth-order valence-electron chi connectivity index (χ4n) is 11.3. The van der Waals surface area contributed by atoms with Crippen LogP contribution in [0, 0.1) is 5.92 Å². The molecule has 57 heavy (non-hydrogen) atoms. The van der Waals surface area contributed by atoms with E-state index in [1.54, 1.807) is 0 Å². The van der Waals surface area contributed by atoms with Crippen LogP contribution in [-0.4, -0.2) is 15.6 Å². The Morgan fingerprint density at radius 3 is 2.07 bits per heavy atom. The summed E-state index contributed by atoms with van der Waals surface area (Å²) >= 11 is 0. The molecule has 12 rings (SSSR count). The minimum absolute atomic E-state index is 0.194. The van der Waals surface area contributed by atoms with Gasteiger partial charge in [-0.3, -0.25) is 4.98 Å². The molecule has 2 saturated carbocycles. The van der Waals surface area contributed by atoms with Gasteiger partial charge >= 0.3 is 0 Å². The summed E-state index contributed by atoms with van der Waals surface area (Å²) in [6.07, 6.45) is 21.8. The van der Waals surface area contributed by atoms with E-state index in [2.05, 4.69) is 122 Å². The molecule has 2 unspecified atom stereocenters. The normalized spacial score (nSPS) is 21.4. The van der Waals surface area contributed by atoms with Crippen molar-refractivity contribution in [3.63, 3.8) is 0 Å². The van der Waals surface area contributed by atoms with E-state index in [9.17, 15) is 0 Å². The first-order valence-electron chi connectivity index (χ1n) is 21.4. The first-order chi connectivity index (χ1) is 28.1. The number of benzene rings is 6. The van der Waals surface area contributed by atoms with Gasteiger partial charge in [0.25, 0.3) is 0 Å². The van der Waals surface area contributed by atoms with Crippen molar-refractivity contribution in [2.75, 3.05) is 0 Å². The minimum atomic E-state index is -0.350. The summed E-state index contributed by atoms with van der Waals surface area (Å²) in [6.45, 7) is 2.33. The van der Waals surface area contributed by atoms with Gasteiger partial charge in [0.1, 0.15) is 22.5 Å². The first-order valence-corrected chi connectivity index (χ1v) is 21.4. The molecule has 2 aromatic heterocycles. The van der Waals surface area contributed by atoms with Gasteiger partial charge in [-0.25, -0.2) is 4.98 Å². The summed E-state index contributed by atoms with van der Waals surface area (Å²) in [5, 5.41) is 7.08. The molecule has 0 saturated heterocycles. The minimum Gasteiger partial charge on any atom is -0.482 e. The fraction of sp³-hybridized carbons (Fsp3) is 0.283. The number of rotatable bonds is 4. The van der Waals surface area contributed by atoms with Gasteiger partial charge in [0.15, 0.2) is 0 Å². The van der Waals surface area contributed by atoms with Crippen molar-refractivity contribution in [3.05, 3.63) is 138 Å². The number of hydrogen-bond acceptors (Lipinski definition) is 4. The van der Waals surface area contributed by atoms with E-state index in [1.807, 2.05) is 6.20 Å². The number of ether oxygens (including phenoxy) is 1. The molecule has 4 aliphatic rings. The van der Waals surface area contributed by atoms with Crippen molar-refractivity contribution in [1.29, 1.82) is 0 Å². The molecule has 0 N–H and O–H groups in total. The van der Waals surface area contributed by atoms with E-state index >= 15 is 0 Å². The van der Waals surface area contributed by atoms with Gasteiger partial charge in [-0.05, 0) is 102 Å². The SMILES string of the molecule is CC12Oc3cc4oc5c(C6CCCCC6)cc(-c6cccc(-c7cnc8c9ccccc9c9ccccc9c8n7)c6)cc5c4cc3C1C=CC=C2C1CCCCC1. The third-order valence-electron chi connectivity index (χ3n) is 14.1. The monoisotopic (exact) mass is 742 g/mol. The van der Waals surface area contributed by atoms with Gasteiger partial charge in [0.2, 0.25) is 0 Å². The number of furan rings is 1. The lowest BCUT2D eigenvalue weighted by atomic mass is 9.69. The van der Waals surface area contributed by atoms with Crippen LogP contribution in [0.1, 0.15) is 94.1 Å². The molecule has 2 fully saturated rings. The Morgan fingerprint density at radius 2 is 1.30 bits per heavy atom. The van der Waals surface area contributed by atoms with E-state index < -0.39 is 0 Å². The maximum Gasteiger partial charge on any atom is 0.139 e. The number of nitrogens with zero attached hydrogens (tertiary/aromatic N) is 2. The fourth-order valence-corrected chi connectivity index (χ4v) is 11.3. The maximum atomic E-state index is 7.04. The summed E-state index contributed by atoms with van der Waals surface area (Å²) in [5.41, 5.74) is 12.0. The molecule has 4 heteroatoms. The molecular weight excluding hydrogens is 697 g/mol. The van der Waals surface area contributed by atoms with Crippen molar-refractivity contribution in [2.24, 2.45) is 5.92 Å². The molecule has 3 heterocycles. The van der Waals surface area contributed by atoms with Crippen LogP contribution in [0.25, 0.3) is 76.9 Å². The predicted octanol–water partition coefficient (Wildman–Crippen LogP) is 14.5. The molecule has 0 spiro atoms. The zero-order valence-electron chi connectivity index (χ0n) is 32.6. The standard InChI is InChI=1S/C53H46N2O2/c1-53-45(33-16-6-3-7-17-33)24-13-25-46(53)44-29-42-43-28-36(27-41(32-14-4-2-5-15-32)52(43)56-48(42)30-49(44)57-53)34-18-12-19-35(26-34)47-31-54-50-39-22-10-8-20-37(39)38-21-9-11-23-40(38)51(50)55-47/h8-13,18-33,46H,2-7,14-17H2,1H3. The van der Waals surface area contributed by atoms with E-state index in [4.69, 9.17) is 19.1 Å². The van der Waals surface area contributed by atoms with Crippen molar-refractivity contribution in [3.8, 4) is 28.1 Å². The predicted molar refractivity (Wildman–Crippen MR) is 234 cm³/mol. The third-order valence-corrected chi connectivity index (χ3v) is 14.1. The summed E-state index contributed by atoms with van der Waals surface area (Å²) in [4.78, 5) is 10.4. The van der Waals surface area contributed by atoms with E-state index in [-0.39, 0.29) is 11.5 Å². The number of hydrogen-bond donors (Lipinski definition) is 0. The lowest BCUT2D eigenvalue weighted by Gasteiger charge is -2.39.